The highest BCUT2D eigenvalue weighted by molar-refractivity contribution is 5.94. The Morgan fingerprint density at radius 1 is 1.39 bits per heavy atom. The van der Waals surface area contributed by atoms with E-state index >= 15 is 0 Å². The van der Waals surface area contributed by atoms with Crippen LogP contribution in [0.4, 0.5) is 5.82 Å². The van der Waals surface area contributed by atoms with Gasteiger partial charge in [0.1, 0.15) is 5.82 Å². The molecule has 1 aromatic heterocycles. The molecule has 0 aliphatic heterocycles. The maximum Gasteiger partial charge on any atom is 0.255 e. The number of amides is 1. The third-order valence-electron chi connectivity index (χ3n) is 3.45. The molecule has 0 fully saturated rings. The van der Waals surface area contributed by atoms with Gasteiger partial charge < -0.3 is 10.2 Å². The molecule has 0 saturated heterocycles. The van der Waals surface area contributed by atoms with Crippen LogP contribution >= 0.6 is 0 Å². The molecule has 0 spiro atoms. The van der Waals surface area contributed by atoms with Crippen LogP contribution < -0.4 is 5.32 Å². The highest BCUT2D eigenvalue weighted by Crippen LogP contribution is 2.19. The first-order chi connectivity index (χ1) is 8.42. The lowest BCUT2D eigenvalue weighted by molar-refractivity contribution is 0.0620. The fraction of sp³-hybridized carbons (Fsp3) is 0.571. The number of rotatable bonds is 5. The van der Waals surface area contributed by atoms with Crippen molar-refractivity contribution in [3.8, 4) is 0 Å². The van der Waals surface area contributed by atoms with E-state index in [1.54, 1.807) is 11.1 Å². The molecule has 1 aromatic rings. The van der Waals surface area contributed by atoms with Crippen molar-refractivity contribution in [2.24, 2.45) is 0 Å². The zero-order valence-corrected chi connectivity index (χ0v) is 11.9. The number of nitrogens with zero attached hydrogens (tertiary/aromatic N) is 2. The summed E-state index contributed by atoms with van der Waals surface area (Å²) in [6.07, 6.45) is 2.54. The molecular formula is C14H23N3O. The molecule has 1 rings (SSSR count). The lowest BCUT2D eigenvalue weighted by Crippen LogP contribution is -2.44. The van der Waals surface area contributed by atoms with Crippen LogP contribution in [-0.2, 0) is 0 Å². The maximum absolute atomic E-state index is 12.3. The van der Waals surface area contributed by atoms with Gasteiger partial charge in [-0.2, -0.15) is 0 Å². The van der Waals surface area contributed by atoms with E-state index in [0.717, 1.165) is 18.8 Å². The quantitative estimate of drug-likeness (QED) is 0.872. The van der Waals surface area contributed by atoms with E-state index in [0.29, 0.717) is 5.56 Å². The van der Waals surface area contributed by atoms with Gasteiger partial charge in [0.25, 0.3) is 5.91 Å². The number of carbonyl (C=O) groups is 1. The van der Waals surface area contributed by atoms with Gasteiger partial charge in [0.15, 0.2) is 0 Å². The number of carbonyl (C=O) groups excluding carboxylic acids is 1. The average molecular weight is 249 g/mol. The molecule has 1 N–H and O–H groups in total. The smallest absolute Gasteiger partial charge is 0.255 e. The number of hydrogen-bond donors (Lipinski definition) is 1. The van der Waals surface area contributed by atoms with Crippen molar-refractivity contribution in [2.75, 3.05) is 18.9 Å². The predicted octanol–water partition coefficient (Wildman–Crippen LogP) is 2.77. The molecule has 0 radical (unpaired) electrons. The Morgan fingerprint density at radius 2 is 2.06 bits per heavy atom. The van der Waals surface area contributed by atoms with Crippen molar-refractivity contribution in [1.82, 2.24) is 9.88 Å². The molecule has 0 atom stereocenters. The fourth-order valence-corrected chi connectivity index (χ4v) is 1.51. The van der Waals surface area contributed by atoms with Gasteiger partial charge in [-0.05, 0) is 39.3 Å². The van der Waals surface area contributed by atoms with Crippen LogP contribution in [0, 0.1) is 0 Å². The first-order valence-corrected chi connectivity index (χ1v) is 6.40. The minimum Gasteiger partial charge on any atom is -0.370 e. The summed E-state index contributed by atoms with van der Waals surface area (Å²) in [5.41, 5.74) is 0.484. The Balaban J connectivity index is 2.84. The third kappa shape index (κ3) is 3.22. The van der Waals surface area contributed by atoms with E-state index in [4.69, 9.17) is 0 Å². The topological polar surface area (TPSA) is 45.2 Å². The lowest BCUT2D eigenvalue weighted by Gasteiger charge is -2.34. The maximum atomic E-state index is 12.3. The van der Waals surface area contributed by atoms with Crippen molar-refractivity contribution in [1.29, 1.82) is 0 Å². The highest BCUT2D eigenvalue weighted by atomic mass is 16.2. The van der Waals surface area contributed by atoms with Crippen LogP contribution in [0.15, 0.2) is 18.3 Å². The largest absolute Gasteiger partial charge is 0.370 e. The number of hydrogen-bond acceptors (Lipinski definition) is 3. The van der Waals surface area contributed by atoms with Crippen molar-refractivity contribution in [3.63, 3.8) is 0 Å². The SMILES string of the molecule is CCNc1ccc(C(=O)N(C)C(C)(C)CC)cn1. The summed E-state index contributed by atoms with van der Waals surface area (Å²) in [7, 11) is 1.84. The third-order valence-corrected chi connectivity index (χ3v) is 3.45. The van der Waals surface area contributed by atoms with E-state index in [9.17, 15) is 4.79 Å². The highest BCUT2D eigenvalue weighted by Gasteiger charge is 2.26. The summed E-state index contributed by atoms with van der Waals surface area (Å²) in [6, 6.07) is 3.65. The molecule has 0 aliphatic carbocycles. The van der Waals surface area contributed by atoms with Gasteiger partial charge in [-0.25, -0.2) is 4.98 Å². The second-order valence-corrected chi connectivity index (χ2v) is 4.99. The van der Waals surface area contributed by atoms with E-state index < -0.39 is 0 Å². The molecule has 100 valence electrons. The van der Waals surface area contributed by atoms with Crippen molar-refractivity contribution in [3.05, 3.63) is 23.9 Å². The molecule has 1 heterocycles. The van der Waals surface area contributed by atoms with Gasteiger partial charge in [0.05, 0.1) is 5.56 Å². The Kier molecular flexibility index (Phi) is 4.70. The molecule has 0 unspecified atom stereocenters. The predicted molar refractivity (Wildman–Crippen MR) is 74.9 cm³/mol. The number of nitrogens with one attached hydrogen (secondary N) is 1. The van der Waals surface area contributed by atoms with Gasteiger partial charge in [-0.1, -0.05) is 6.92 Å². The Labute approximate surface area is 109 Å². The van der Waals surface area contributed by atoms with Gasteiger partial charge in [0.2, 0.25) is 0 Å². The van der Waals surface area contributed by atoms with Crippen LogP contribution in [0.1, 0.15) is 44.5 Å². The van der Waals surface area contributed by atoms with Crippen molar-refractivity contribution >= 4 is 11.7 Å². The first kappa shape index (κ1) is 14.5. The molecule has 0 aromatic carbocycles. The van der Waals surface area contributed by atoms with Gasteiger partial charge in [-0.15, -0.1) is 0 Å². The summed E-state index contributed by atoms with van der Waals surface area (Å²) in [5, 5.41) is 3.11. The second-order valence-electron chi connectivity index (χ2n) is 4.99. The molecule has 1 amide bonds. The van der Waals surface area contributed by atoms with Crippen molar-refractivity contribution in [2.45, 2.75) is 39.7 Å². The van der Waals surface area contributed by atoms with Gasteiger partial charge in [-0.3, -0.25) is 4.79 Å². The minimum atomic E-state index is -0.141. The second kappa shape index (κ2) is 5.85. The van der Waals surface area contributed by atoms with E-state index in [2.05, 4.69) is 31.1 Å². The van der Waals surface area contributed by atoms with Gasteiger partial charge >= 0.3 is 0 Å². The Morgan fingerprint density at radius 3 is 2.50 bits per heavy atom. The molecule has 0 saturated carbocycles. The average Bonchev–Trinajstić information content (AvgIpc) is 2.38. The number of aromatic nitrogens is 1. The van der Waals surface area contributed by atoms with Gasteiger partial charge in [0, 0.05) is 25.3 Å². The monoisotopic (exact) mass is 249 g/mol. The molecule has 0 bridgehead atoms. The standard InChI is InChI=1S/C14H23N3O/c1-6-14(3,4)17(5)13(18)11-8-9-12(15-7-2)16-10-11/h8-10H,6-7H2,1-5H3,(H,15,16). The molecule has 4 nitrogen and oxygen atoms in total. The normalized spacial score (nSPS) is 11.2. The van der Waals surface area contributed by atoms with E-state index in [-0.39, 0.29) is 11.4 Å². The Bertz CT molecular complexity index is 398. The molecule has 0 aliphatic rings. The van der Waals surface area contributed by atoms with Crippen LogP contribution in [0.3, 0.4) is 0 Å². The van der Waals surface area contributed by atoms with Crippen LogP contribution in [0.2, 0.25) is 0 Å². The zero-order valence-electron chi connectivity index (χ0n) is 11.9. The van der Waals surface area contributed by atoms with E-state index in [1.165, 1.54) is 0 Å². The summed E-state index contributed by atoms with van der Waals surface area (Å²) >= 11 is 0. The Hall–Kier alpha value is -1.58. The first-order valence-electron chi connectivity index (χ1n) is 6.40. The van der Waals surface area contributed by atoms with Crippen LogP contribution in [0.25, 0.3) is 0 Å². The summed E-state index contributed by atoms with van der Waals surface area (Å²) in [5.74, 6) is 0.809. The lowest BCUT2D eigenvalue weighted by atomic mass is 9.99. The van der Waals surface area contributed by atoms with Crippen molar-refractivity contribution < 1.29 is 4.79 Å². The molecular weight excluding hydrogens is 226 g/mol. The van der Waals surface area contributed by atoms with E-state index in [1.807, 2.05) is 26.1 Å². The fourth-order valence-electron chi connectivity index (χ4n) is 1.51. The summed E-state index contributed by atoms with van der Waals surface area (Å²) in [6.45, 7) is 9.04. The van der Waals surface area contributed by atoms with Crippen LogP contribution in [-0.4, -0.2) is 34.9 Å². The molecule has 18 heavy (non-hydrogen) atoms. The van der Waals surface area contributed by atoms with Crippen LogP contribution in [0.5, 0.6) is 0 Å². The molecule has 4 heteroatoms. The zero-order chi connectivity index (χ0) is 13.8. The summed E-state index contributed by atoms with van der Waals surface area (Å²) < 4.78 is 0. The minimum absolute atomic E-state index is 0.0115. The summed E-state index contributed by atoms with van der Waals surface area (Å²) in [4.78, 5) is 18.3. The number of pyridine rings is 1. The number of anilines is 1.